The number of nitrogens with zero attached hydrogens (tertiary/aromatic N) is 1. The van der Waals surface area contributed by atoms with E-state index >= 15 is 0 Å². The third-order valence-electron chi connectivity index (χ3n) is 4.73. The Labute approximate surface area is 183 Å². The third kappa shape index (κ3) is 5.50. The van der Waals surface area contributed by atoms with Crippen LogP contribution in [0.15, 0.2) is 18.2 Å². The molecule has 1 heterocycles. The first kappa shape index (κ1) is 26.5. The van der Waals surface area contributed by atoms with Crippen LogP contribution in [0.3, 0.4) is 0 Å². The van der Waals surface area contributed by atoms with Crippen molar-refractivity contribution in [2.45, 2.75) is 33.2 Å². The van der Waals surface area contributed by atoms with Crippen molar-refractivity contribution in [3.63, 3.8) is 0 Å². The molecule has 0 radical (unpaired) electrons. The van der Waals surface area contributed by atoms with Gasteiger partial charge in [-0.2, -0.15) is 0 Å². The molecule has 158 valence electrons. The Kier molecular flexibility index (Phi) is 10.3. The molecule has 2 rings (SSSR count). The molecule has 6 nitrogen and oxygen atoms in total. The van der Waals surface area contributed by atoms with E-state index < -0.39 is 5.54 Å². The maximum absolute atomic E-state index is 12.8. The fourth-order valence-corrected chi connectivity index (χ4v) is 3.40. The van der Waals surface area contributed by atoms with Gasteiger partial charge in [0.05, 0.1) is 25.5 Å². The van der Waals surface area contributed by atoms with Crippen LogP contribution in [0.4, 0.5) is 0 Å². The van der Waals surface area contributed by atoms with Crippen LogP contribution in [-0.4, -0.2) is 37.2 Å². The Bertz CT molecular complexity index is 799. The summed E-state index contributed by atoms with van der Waals surface area (Å²) < 4.78 is 10.6. The van der Waals surface area contributed by atoms with E-state index in [2.05, 4.69) is 10.3 Å². The number of rotatable bonds is 7. The van der Waals surface area contributed by atoms with Crippen molar-refractivity contribution in [3.8, 4) is 22.1 Å². The lowest BCUT2D eigenvalue weighted by molar-refractivity contribution is 0.0886. The molecule has 1 unspecified atom stereocenters. The van der Waals surface area contributed by atoms with Crippen LogP contribution in [0.25, 0.3) is 10.6 Å². The first-order chi connectivity index (χ1) is 12.3. The number of nitrogens with two attached hydrogens (primary N) is 1. The third-order valence-corrected chi connectivity index (χ3v) is 5.94. The predicted molar refractivity (Wildman–Crippen MR) is 120 cm³/mol. The molecule has 1 aromatic carbocycles. The Hall–Kier alpha value is -1.54. The molecule has 2 aromatic rings. The SMILES string of the molecule is COc1ccc(-c2nc(C)c(C(=O)NC(C)(CN)C(C)C)s2)cc1OC.Cl.Cl. The molecule has 1 aromatic heterocycles. The molecular weight excluding hydrogens is 421 g/mol. The Morgan fingerprint density at radius 1 is 1.25 bits per heavy atom. The maximum Gasteiger partial charge on any atom is 0.263 e. The van der Waals surface area contributed by atoms with Gasteiger partial charge < -0.3 is 20.5 Å². The van der Waals surface area contributed by atoms with Crippen molar-refractivity contribution >= 4 is 42.1 Å². The molecule has 28 heavy (non-hydrogen) atoms. The number of hydrogen-bond donors (Lipinski definition) is 2. The van der Waals surface area contributed by atoms with Crippen LogP contribution in [0.1, 0.15) is 36.1 Å². The fourth-order valence-electron chi connectivity index (χ4n) is 2.45. The summed E-state index contributed by atoms with van der Waals surface area (Å²) in [4.78, 5) is 17.9. The lowest BCUT2D eigenvalue weighted by atomic mass is 9.88. The van der Waals surface area contributed by atoms with E-state index in [0.29, 0.717) is 28.6 Å². The van der Waals surface area contributed by atoms with E-state index in [9.17, 15) is 4.79 Å². The number of thiazole rings is 1. The second kappa shape index (κ2) is 10.9. The van der Waals surface area contributed by atoms with Crippen LogP contribution in [0.2, 0.25) is 0 Å². The highest BCUT2D eigenvalue weighted by molar-refractivity contribution is 7.17. The molecule has 0 aliphatic carbocycles. The zero-order chi connectivity index (χ0) is 19.5. The number of carbonyl (C=O) groups is 1. The quantitative estimate of drug-likeness (QED) is 0.664. The van der Waals surface area contributed by atoms with Gasteiger partial charge in [-0.3, -0.25) is 4.79 Å². The summed E-state index contributed by atoms with van der Waals surface area (Å²) in [5.41, 5.74) is 6.98. The van der Waals surface area contributed by atoms with E-state index in [1.807, 2.05) is 45.9 Å². The number of amides is 1. The van der Waals surface area contributed by atoms with Crippen molar-refractivity contribution in [1.29, 1.82) is 0 Å². The Morgan fingerprint density at radius 2 is 1.86 bits per heavy atom. The van der Waals surface area contributed by atoms with Gasteiger partial charge in [-0.05, 0) is 38.0 Å². The topological polar surface area (TPSA) is 86.5 Å². The van der Waals surface area contributed by atoms with Gasteiger partial charge in [0.1, 0.15) is 9.88 Å². The van der Waals surface area contributed by atoms with E-state index in [-0.39, 0.29) is 36.6 Å². The van der Waals surface area contributed by atoms with E-state index in [0.717, 1.165) is 10.6 Å². The van der Waals surface area contributed by atoms with Gasteiger partial charge >= 0.3 is 0 Å². The molecule has 0 saturated carbocycles. The molecule has 0 fully saturated rings. The zero-order valence-corrected chi connectivity index (χ0v) is 19.4. The highest BCUT2D eigenvalue weighted by Gasteiger charge is 2.30. The average molecular weight is 450 g/mol. The van der Waals surface area contributed by atoms with Gasteiger partial charge in [0.25, 0.3) is 5.91 Å². The smallest absolute Gasteiger partial charge is 0.263 e. The molecule has 3 N–H and O–H groups in total. The summed E-state index contributed by atoms with van der Waals surface area (Å²) in [7, 11) is 3.18. The molecule has 0 saturated heterocycles. The van der Waals surface area contributed by atoms with Gasteiger partial charge in [0.15, 0.2) is 11.5 Å². The molecule has 9 heteroatoms. The number of aromatic nitrogens is 1. The number of benzene rings is 1. The number of aryl methyl sites for hydroxylation is 1. The average Bonchev–Trinajstić information content (AvgIpc) is 3.02. The lowest BCUT2D eigenvalue weighted by Gasteiger charge is -2.33. The van der Waals surface area contributed by atoms with Gasteiger partial charge in [0, 0.05) is 12.1 Å². The van der Waals surface area contributed by atoms with Gasteiger partial charge in [0.2, 0.25) is 0 Å². The molecule has 0 aliphatic rings. The molecule has 0 aliphatic heterocycles. The highest BCUT2D eigenvalue weighted by Crippen LogP contribution is 2.35. The van der Waals surface area contributed by atoms with Crippen LogP contribution in [0.5, 0.6) is 11.5 Å². The van der Waals surface area contributed by atoms with E-state index in [1.165, 1.54) is 11.3 Å². The summed E-state index contributed by atoms with van der Waals surface area (Å²) in [6.07, 6.45) is 0. The van der Waals surface area contributed by atoms with Gasteiger partial charge in [-0.15, -0.1) is 36.2 Å². The minimum atomic E-state index is -0.461. The van der Waals surface area contributed by atoms with E-state index in [1.54, 1.807) is 14.2 Å². The summed E-state index contributed by atoms with van der Waals surface area (Å²) in [6, 6.07) is 5.59. The standard InChI is InChI=1S/C19H27N3O3S.2ClH/c1-11(2)19(4,10-20)22-17(23)16-12(3)21-18(26-16)13-7-8-14(24-5)15(9-13)25-6;;/h7-9,11H,10,20H2,1-6H3,(H,22,23);2*1H. The van der Waals surface area contributed by atoms with Crippen molar-refractivity contribution in [2.24, 2.45) is 11.7 Å². The summed E-state index contributed by atoms with van der Waals surface area (Å²) >= 11 is 1.36. The lowest BCUT2D eigenvalue weighted by Crippen LogP contribution is -2.54. The van der Waals surface area contributed by atoms with Crippen LogP contribution in [-0.2, 0) is 0 Å². The monoisotopic (exact) mass is 449 g/mol. The van der Waals surface area contributed by atoms with Crippen LogP contribution in [0, 0.1) is 12.8 Å². The molecule has 1 amide bonds. The molecule has 1 atom stereocenters. The van der Waals surface area contributed by atoms with Crippen molar-refractivity contribution in [2.75, 3.05) is 20.8 Å². The molecule has 0 bridgehead atoms. The predicted octanol–water partition coefficient (Wildman–Crippen LogP) is 4.08. The zero-order valence-electron chi connectivity index (χ0n) is 17.0. The van der Waals surface area contributed by atoms with E-state index in [4.69, 9.17) is 15.2 Å². The summed E-state index contributed by atoms with van der Waals surface area (Å²) in [5, 5.41) is 3.82. The number of hydrogen-bond acceptors (Lipinski definition) is 6. The number of carbonyl (C=O) groups excluding carboxylic acids is 1. The number of methoxy groups -OCH3 is 2. The second-order valence-corrected chi connectivity index (χ2v) is 7.73. The van der Waals surface area contributed by atoms with Crippen molar-refractivity contribution < 1.29 is 14.3 Å². The molecule has 0 spiro atoms. The minimum Gasteiger partial charge on any atom is -0.493 e. The Morgan fingerprint density at radius 3 is 2.36 bits per heavy atom. The second-order valence-electron chi connectivity index (χ2n) is 6.73. The summed E-state index contributed by atoms with van der Waals surface area (Å²) in [5.74, 6) is 1.35. The fraction of sp³-hybridized carbons (Fsp3) is 0.474. The number of nitrogens with one attached hydrogen (secondary N) is 1. The van der Waals surface area contributed by atoms with Gasteiger partial charge in [-0.25, -0.2) is 4.98 Å². The van der Waals surface area contributed by atoms with Crippen molar-refractivity contribution in [3.05, 3.63) is 28.8 Å². The maximum atomic E-state index is 12.8. The van der Waals surface area contributed by atoms with Crippen LogP contribution < -0.4 is 20.5 Å². The largest absolute Gasteiger partial charge is 0.493 e. The van der Waals surface area contributed by atoms with Crippen molar-refractivity contribution in [1.82, 2.24) is 10.3 Å². The number of halogens is 2. The van der Waals surface area contributed by atoms with Crippen LogP contribution >= 0.6 is 36.2 Å². The minimum absolute atomic E-state index is 0. The van der Waals surface area contributed by atoms with Gasteiger partial charge in [-0.1, -0.05) is 13.8 Å². The molecular formula is C19H29Cl2N3O3S. The summed E-state index contributed by atoms with van der Waals surface area (Å²) in [6.45, 7) is 8.26. The first-order valence-corrected chi connectivity index (χ1v) is 9.29. The highest BCUT2D eigenvalue weighted by atomic mass is 35.5. The normalized spacial score (nSPS) is 12.4. The Balaban J connectivity index is 0.00000364. The number of ether oxygens (including phenoxy) is 2. The first-order valence-electron chi connectivity index (χ1n) is 8.48.